The van der Waals surface area contributed by atoms with Crippen LogP contribution in [0.5, 0.6) is 0 Å². The van der Waals surface area contributed by atoms with Crippen LogP contribution in [0.4, 0.5) is 8.78 Å². The Labute approximate surface area is 161 Å². The van der Waals surface area contributed by atoms with Crippen molar-refractivity contribution in [3.05, 3.63) is 60.5 Å². The van der Waals surface area contributed by atoms with Crippen LogP contribution >= 0.6 is 0 Å². The first kappa shape index (κ1) is 17.1. The maximum Gasteiger partial charge on any atom is 0.314 e. The molecule has 0 saturated carbocycles. The van der Waals surface area contributed by atoms with E-state index in [0.29, 0.717) is 17.8 Å². The Bertz CT molecular complexity index is 1270. The van der Waals surface area contributed by atoms with E-state index in [4.69, 9.17) is 4.42 Å². The van der Waals surface area contributed by atoms with Crippen molar-refractivity contribution in [3.63, 3.8) is 0 Å². The van der Waals surface area contributed by atoms with Gasteiger partial charge >= 0.3 is 6.43 Å². The number of nitrogens with one attached hydrogen (secondary N) is 1. The number of H-pyrrole nitrogens is 1. The molecule has 0 spiro atoms. The minimum absolute atomic E-state index is 0.00408. The number of alkyl halides is 2. The second-order valence-corrected chi connectivity index (χ2v) is 6.22. The molecule has 5 rings (SSSR count). The van der Waals surface area contributed by atoms with Gasteiger partial charge in [0.2, 0.25) is 5.89 Å². The van der Waals surface area contributed by atoms with Crippen LogP contribution in [0.1, 0.15) is 18.0 Å². The molecule has 0 atom stereocenters. The molecular formula is C18H12F2N8O. The molecule has 5 aromatic rings. The smallest absolute Gasteiger partial charge is 0.314 e. The van der Waals surface area contributed by atoms with Crippen molar-refractivity contribution < 1.29 is 13.2 Å². The Balaban J connectivity index is 1.35. The number of fused-ring (bicyclic) bond motifs is 1. The minimum atomic E-state index is -2.81. The zero-order chi connectivity index (χ0) is 19.8. The van der Waals surface area contributed by atoms with Crippen LogP contribution in [0.2, 0.25) is 0 Å². The summed E-state index contributed by atoms with van der Waals surface area (Å²) in [6.07, 6.45) is 2.26. The Morgan fingerprint density at radius 1 is 1.07 bits per heavy atom. The molecule has 0 aliphatic heterocycles. The van der Waals surface area contributed by atoms with Crippen LogP contribution in [0, 0.1) is 0 Å². The highest BCUT2D eigenvalue weighted by molar-refractivity contribution is 5.92. The van der Waals surface area contributed by atoms with Crippen molar-refractivity contribution >= 4 is 10.9 Å². The zero-order valence-electron chi connectivity index (χ0n) is 14.7. The topological polar surface area (TPSA) is 111 Å². The normalized spacial score (nSPS) is 11.6. The van der Waals surface area contributed by atoms with Crippen molar-refractivity contribution in [3.8, 4) is 22.7 Å². The number of rotatable bonds is 5. The summed E-state index contributed by atoms with van der Waals surface area (Å²) < 4.78 is 31.7. The molecular weight excluding hydrogens is 382 g/mol. The van der Waals surface area contributed by atoms with Crippen LogP contribution in [-0.4, -0.2) is 40.4 Å². The lowest BCUT2D eigenvalue weighted by atomic mass is 10.1. The molecule has 11 heteroatoms. The summed E-state index contributed by atoms with van der Waals surface area (Å²) in [4.78, 5) is 4.31. The quantitative estimate of drug-likeness (QED) is 0.487. The van der Waals surface area contributed by atoms with Crippen molar-refractivity contribution in [2.45, 2.75) is 13.0 Å². The van der Waals surface area contributed by atoms with Gasteiger partial charge in [-0.1, -0.05) is 17.3 Å². The number of aromatic amines is 1. The van der Waals surface area contributed by atoms with E-state index in [9.17, 15) is 8.78 Å². The predicted octanol–water partition coefficient (Wildman–Crippen LogP) is 3.25. The van der Waals surface area contributed by atoms with E-state index in [0.717, 1.165) is 22.2 Å². The van der Waals surface area contributed by atoms with Crippen LogP contribution in [0.15, 0.2) is 53.3 Å². The lowest BCUT2D eigenvalue weighted by Gasteiger charge is -2.01. The summed E-state index contributed by atoms with van der Waals surface area (Å²) in [6, 6.07) is 9.23. The van der Waals surface area contributed by atoms with Gasteiger partial charge in [-0.05, 0) is 18.2 Å². The van der Waals surface area contributed by atoms with Gasteiger partial charge in [-0.3, -0.25) is 10.1 Å². The average molecular weight is 394 g/mol. The summed E-state index contributed by atoms with van der Waals surface area (Å²) in [7, 11) is 0. The van der Waals surface area contributed by atoms with Crippen LogP contribution in [0.25, 0.3) is 33.6 Å². The summed E-state index contributed by atoms with van der Waals surface area (Å²) in [5.74, 6) is -0.720. The maximum absolute atomic E-state index is 12.6. The average Bonchev–Trinajstić information content (AvgIpc) is 3.48. The SMILES string of the molecule is FC(F)c1nnc(-c2ccc(Cn3cc(-c4cccc5[nH]ncc45)nn3)nc2)o1. The first-order valence-electron chi connectivity index (χ1n) is 8.57. The molecule has 0 saturated heterocycles. The number of hydrogen-bond donors (Lipinski definition) is 1. The fourth-order valence-corrected chi connectivity index (χ4v) is 2.94. The van der Waals surface area contributed by atoms with E-state index in [1.165, 1.54) is 6.20 Å². The Morgan fingerprint density at radius 2 is 2.00 bits per heavy atom. The van der Waals surface area contributed by atoms with Gasteiger partial charge in [0.05, 0.1) is 35.7 Å². The Kier molecular flexibility index (Phi) is 4.04. The van der Waals surface area contributed by atoms with Crippen molar-refractivity contribution in [2.75, 3.05) is 0 Å². The van der Waals surface area contributed by atoms with Crippen molar-refractivity contribution in [1.29, 1.82) is 0 Å². The standard InChI is InChI=1S/C18H12F2N8O/c19-16(20)18-26-25-17(29-18)10-4-5-11(21-6-10)8-28-9-15(24-27-28)12-2-1-3-14-13(12)7-22-23-14/h1-7,9,16H,8H2,(H,22,23). The third kappa shape index (κ3) is 3.22. The molecule has 9 nitrogen and oxygen atoms in total. The molecule has 0 bridgehead atoms. The van der Waals surface area contributed by atoms with E-state index < -0.39 is 12.3 Å². The van der Waals surface area contributed by atoms with E-state index in [2.05, 4.69) is 35.7 Å². The third-order valence-corrected chi connectivity index (χ3v) is 4.32. The van der Waals surface area contributed by atoms with Crippen molar-refractivity contribution in [1.82, 2.24) is 40.4 Å². The zero-order valence-corrected chi connectivity index (χ0v) is 14.7. The highest BCUT2D eigenvalue weighted by atomic mass is 19.3. The number of aromatic nitrogens is 8. The first-order chi connectivity index (χ1) is 14.2. The lowest BCUT2D eigenvalue weighted by Crippen LogP contribution is -2.02. The lowest BCUT2D eigenvalue weighted by molar-refractivity contribution is 0.116. The highest BCUT2D eigenvalue weighted by Crippen LogP contribution is 2.26. The molecule has 4 aromatic heterocycles. The number of pyridine rings is 1. The molecule has 0 aliphatic rings. The molecule has 1 N–H and O–H groups in total. The van der Waals surface area contributed by atoms with Gasteiger partial charge in [0.25, 0.3) is 5.89 Å². The van der Waals surface area contributed by atoms with Gasteiger partial charge in [-0.15, -0.1) is 15.3 Å². The third-order valence-electron chi connectivity index (χ3n) is 4.32. The highest BCUT2D eigenvalue weighted by Gasteiger charge is 2.17. The summed E-state index contributed by atoms with van der Waals surface area (Å²) >= 11 is 0. The predicted molar refractivity (Wildman–Crippen MR) is 96.7 cm³/mol. The monoisotopic (exact) mass is 394 g/mol. The Morgan fingerprint density at radius 3 is 2.79 bits per heavy atom. The van der Waals surface area contributed by atoms with Gasteiger partial charge in [-0.25, -0.2) is 4.68 Å². The van der Waals surface area contributed by atoms with Gasteiger partial charge < -0.3 is 4.42 Å². The number of halogens is 2. The minimum Gasteiger partial charge on any atom is -0.415 e. The second-order valence-electron chi connectivity index (χ2n) is 6.22. The largest absolute Gasteiger partial charge is 0.415 e. The van der Waals surface area contributed by atoms with Gasteiger partial charge in [0.15, 0.2) is 0 Å². The van der Waals surface area contributed by atoms with E-state index in [-0.39, 0.29) is 5.89 Å². The van der Waals surface area contributed by atoms with Crippen LogP contribution < -0.4 is 0 Å². The molecule has 0 aliphatic carbocycles. The molecule has 0 fully saturated rings. The summed E-state index contributed by atoms with van der Waals surface area (Å²) in [5, 5.41) is 23.3. The maximum atomic E-state index is 12.6. The molecule has 144 valence electrons. The fraction of sp³-hybridized carbons (Fsp3) is 0.111. The van der Waals surface area contributed by atoms with E-state index in [1.54, 1.807) is 23.0 Å². The number of hydrogen-bond acceptors (Lipinski definition) is 7. The van der Waals surface area contributed by atoms with Gasteiger partial charge in [-0.2, -0.15) is 13.9 Å². The summed E-state index contributed by atoms with van der Waals surface area (Å²) in [6.45, 7) is 0.390. The number of nitrogens with zero attached hydrogens (tertiary/aromatic N) is 7. The second kappa shape index (κ2) is 6.86. The molecule has 1 aromatic carbocycles. The first-order valence-corrected chi connectivity index (χ1v) is 8.57. The van der Waals surface area contributed by atoms with Crippen LogP contribution in [0.3, 0.4) is 0 Å². The van der Waals surface area contributed by atoms with E-state index >= 15 is 0 Å². The van der Waals surface area contributed by atoms with Gasteiger partial charge in [0.1, 0.15) is 5.69 Å². The number of benzene rings is 1. The molecule has 0 amide bonds. The van der Waals surface area contributed by atoms with E-state index in [1.807, 2.05) is 24.4 Å². The van der Waals surface area contributed by atoms with Crippen LogP contribution in [-0.2, 0) is 6.54 Å². The fourth-order valence-electron chi connectivity index (χ4n) is 2.94. The molecule has 0 radical (unpaired) electrons. The van der Waals surface area contributed by atoms with Gasteiger partial charge in [0, 0.05) is 17.1 Å². The van der Waals surface area contributed by atoms with Crippen molar-refractivity contribution in [2.24, 2.45) is 0 Å². The molecule has 29 heavy (non-hydrogen) atoms. The molecule has 0 unspecified atom stereocenters. The summed E-state index contributed by atoms with van der Waals surface area (Å²) in [5.41, 5.74) is 3.74. The molecule has 4 heterocycles. The Hall–Kier alpha value is -4.02.